The minimum absolute atomic E-state index is 0.231. The normalized spacial score (nSPS) is 14.9. The van der Waals surface area contributed by atoms with Crippen LogP contribution in [0.4, 0.5) is 0 Å². The molecule has 0 fully saturated rings. The fourth-order valence-electron chi connectivity index (χ4n) is 1.30. The third-order valence-electron chi connectivity index (χ3n) is 2.58. The van der Waals surface area contributed by atoms with Crippen LogP contribution < -0.4 is 0 Å². The molecule has 0 radical (unpaired) electrons. The zero-order valence-electron chi connectivity index (χ0n) is 8.87. The van der Waals surface area contributed by atoms with Crippen LogP contribution in [0.3, 0.4) is 0 Å². The summed E-state index contributed by atoms with van der Waals surface area (Å²) in [5.41, 5.74) is 0.443. The van der Waals surface area contributed by atoms with Crippen molar-refractivity contribution in [3.05, 3.63) is 35.4 Å². The third kappa shape index (κ3) is 2.02. The van der Waals surface area contributed by atoms with Crippen LogP contribution in [0.15, 0.2) is 24.3 Å². The van der Waals surface area contributed by atoms with Gasteiger partial charge in [-0.05, 0) is 31.4 Å². The van der Waals surface area contributed by atoms with Crippen molar-refractivity contribution in [2.45, 2.75) is 32.8 Å². The molecule has 14 heavy (non-hydrogen) atoms. The second kappa shape index (κ2) is 3.93. The maximum absolute atomic E-state index is 11.2. The first-order chi connectivity index (χ1) is 6.48. The maximum Gasteiger partial charge on any atom is 0.165 e. The van der Waals surface area contributed by atoms with E-state index >= 15 is 0 Å². The van der Waals surface area contributed by atoms with E-state index in [0.717, 1.165) is 12.0 Å². The van der Waals surface area contributed by atoms with E-state index in [9.17, 15) is 9.90 Å². The van der Waals surface area contributed by atoms with Crippen molar-refractivity contribution in [3.8, 4) is 0 Å². The summed E-state index contributed by atoms with van der Waals surface area (Å²) >= 11 is 0. The number of benzene rings is 1. The highest BCUT2D eigenvalue weighted by atomic mass is 16.3. The first-order valence-electron chi connectivity index (χ1n) is 4.81. The summed E-state index contributed by atoms with van der Waals surface area (Å²) in [7, 11) is 0. The van der Waals surface area contributed by atoms with E-state index in [1.807, 2.05) is 25.1 Å². The van der Waals surface area contributed by atoms with E-state index in [4.69, 9.17) is 0 Å². The molecule has 0 heterocycles. The lowest BCUT2D eigenvalue weighted by Gasteiger charge is -2.20. The highest BCUT2D eigenvalue weighted by Gasteiger charge is 2.28. The molecule has 2 nitrogen and oxygen atoms in total. The summed E-state index contributed by atoms with van der Waals surface area (Å²) in [6, 6.07) is 7.51. The molecule has 1 unspecified atom stereocenters. The molecular formula is C12H16O2. The Morgan fingerprint density at radius 3 is 2.64 bits per heavy atom. The summed E-state index contributed by atoms with van der Waals surface area (Å²) in [4.78, 5) is 11.2. The summed E-state index contributed by atoms with van der Waals surface area (Å²) in [5, 5.41) is 9.93. The largest absolute Gasteiger partial charge is 0.378 e. The number of aryl methyl sites for hydroxylation is 1. The van der Waals surface area contributed by atoms with Crippen molar-refractivity contribution in [1.82, 2.24) is 0 Å². The predicted octanol–water partition coefficient (Wildman–Crippen LogP) is 2.05. The van der Waals surface area contributed by atoms with Crippen LogP contribution in [0.5, 0.6) is 0 Å². The Morgan fingerprint density at radius 1 is 1.50 bits per heavy atom. The van der Waals surface area contributed by atoms with Crippen molar-refractivity contribution in [2.75, 3.05) is 0 Å². The Labute approximate surface area is 84.6 Å². The lowest BCUT2D eigenvalue weighted by Crippen LogP contribution is -2.29. The average Bonchev–Trinajstić information content (AvgIpc) is 2.17. The van der Waals surface area contributed by atoms with Crippen LogP contribution in [0.2, 0.25) is 0 Å². The lowest BCUT2D eigenvalue weighted by atomic mass is 9.91. The number of rotatable bonds is 3. The Hall–Kier alpha value is -1.15. The van der Waals surface area contributed by atoms with Crippen molar-refractivity contribution in [1.29, 1.82) is 0 Å². The molecule has 0 aliphatic heterocycles. The molecule has 2 heteroatoms. The molecule has 0 amide bonds. The summed E-state index contributed by atoms with van der Waals surface area (Å²) in [6.07, 6.45) is 0.905. The van der Waals surface area contributed by atoms with Gasteiger partial charge in [0.1, 0.15) is 5.60 Å². The number of hydrogen-bond acceptors (Lipinski definition) is 2. The van der Waals surface area contributed by atoms with Crippen molar-refractivity contribution in [2.24, 2.45) is 0 Å². The number of aliphatic hydroxyl groups is 1. The summed E-state index contributed by atoms with van der Waals surface area (Å²) in [6.45, 7) is 4.98. The Bertz CT molecular complexity index is 340. The lowest BCUT2D eigenvalue weighted by molar-refractivity contribution is -0.134. The van der Waals surface area contributed by atoms with Crippen LogP contribution in [-0.2, 0) is 16.8 Å². The SMILES string of the molecule is CCc1cccc(C(C)(O)C(C)=O)c1. The predicted molar refractivity (Wildman–Crippen MR) is 56.1 cm³/mol. The summed E-state index contributed by atoms with van der Waals surface area (Å²) < 4.78 is 0. The van der Waals surface area contributed by atoms with E-state index < -0.39 is 5.60 Å². The average molecular weight is 192 g/mol. The van der Waals surface area contributed by atoms with Gasteiger partial charge in [-0.2, -0.15) is 0 Å². The molecule has 0 aromatic heterocycles. The van der Waals surface area contributed by atoms with Crippen LogP contribution in [0.1, 0.15) is 31.9 Å². The smallest absolute Gasteiger partial charge is 0.165 e. The third-order valence-corrected chi connectivity index (χ3v) is 2.58. The molecular weight excluding hydrogens is 176 g/mol. The highest BCUT2D eigenvalue weighted by Crippen LogP contribution is 2.22. The minimum atomic E-state index is -1.36. The van der Waals surface area contributed by atoms with Crippen LogP contribution >= 0.6 is 0 Å². The molecule has 1 atom stereocenters. The molecule has 76 valence electrons. The zero-order valence-corrected chi connectivity index (χ0v) is 8.87. The second-order valence-electron chi connectivity index (χ2n) is 3.68. The molecule has 0 bridgehead atoms. The van der Waals surface area contributed by atoms with Crippen molar-refractivity contribution < 1.29 is 9.90 Å². The molecule has 1 aromatic rings. The number of hydrogen-bond donors (Lipinski definition) is 1. The maximum atomic E-state index is 11.2. The van der Waals surface area contributed by atoms with Crippen LogP contribution in [-0.4, -0.2) is 10.9 Å². The fraction of sp³-hybridized carbons (Fsp3) is 0.417. The zero-order chi connectivity index (χ0) is 10.8. The van der Waals surface area contributed by atoms with Crippen LogP contribution in [0, 0.1) is 0 Å². The number of Topliss-reactive ketones (excluding diaryl/α,β-unsaturated/α-hetero) is 1. The molecule has 0 spiro atoms. The minimum Gasteiger partial charge on any atom is -0.378 e. The first kappa shape index (κ1) is 10.9. The van der Waals surface area contributed by atoms with E-state index in [0.29, 0.717) is 5.56 Å². The van der Waals surface area contributed by atoms with E-state index in [2.05, 4.69) is 0 Å². The quantitative estimate of drug-likeness (QED) is 0.795. The Balaban J connectivity index is 3.12. The topological polar surface area (TPSA) is 37.3 Å². The molecule has 1 N–H and O–H groups in total. The molecule has 0 saturated heterocycles. The van der Waals surface area contributed by atoms with E-state index in [1.165, 1.54) is 13.8 Å². The van der Waals surface area contributed by atoms with Gasteiger partial charge in [0.25, 0.3) is 0 Å². The van der Waals surface area contributed by atoms with Gasteiger partial charge in [0, 0.05) is 0 Å². The van der Waals surface area contributed by atoms with Gasteiger partial charge >= 0.3 is 0 Å². The fourth-order valence-corrected chi connectivity index (χ4v) is 1.30. The van der Waals surface area contributed by atoms with Gasteiger partial charge in [0.15, 0.2) is 5.78 Å². The van der Waals surface area contributed by atoms with Crippen LogP contribution in [0.25, 0.3) is 0 Å². The Morgan fingerprint density at radius 2 is 2.14 bits per heavy atom. The highest BCUT2D eigenvalue weighted by molar-refractivity contribution is 5.85. The molecule has 1 rings (SSSR count). The monoisotopic (exact) mass is 192 g/mol. The molecule has 0 aliphatic rings. The summed E-state index contributed by atoms with van der Waals surface area (Å²) in [5.74, 6) is -0.231. The van der Waals surface area contributed by atoms with Gasteiger partial charge in [-0.1, -0.05) is 31.2 Å². The van der Waals surface area contributed by atoms with Crippen molar-refractivity contribution in [3.63, 3.8) is 0 Å². The van der Waals surface area contributed by atoms with Crippen molar-refractivity contribution >= 4 is 5.78 Å². The van der Waals surface area contributed by atoms with E-state index in [-0.39, 0.29) is 5.78 Å². The van der Waals surface area contributed by atoms with Gasteiger partial charge in [-0.3, -0.25) is 4.79 Å². The first-order valence-corrected chi connectivity index (χ1v) is 4.81. The molecule has 0 aliphatic carbocycles. The number of carbonyl (C=O) groups is 1. The van der Waals surface area contributed by atoms with E-state index in [1.54, 1.807) is 6.07 Å². The number of carbonyl (C=O) groups excluding carboxylic acids is 1. The Kier molecular flexibility index (Phi) is 3.06. The van der Waals surface area contributed by atoms with Gasteiger partial charge in [0.2, 0.25) is 0 Å². The second-order valence-corrected chi connectivity index (χ2v) is 3.68. The van der Waals surface area contributed by atoms with Gasteiger partial charge in [0.05, 0.1) is 0 Å². The number of ketones is 1. The van der Waals surface area contributed by atoms with Gasteiger partial charge < -0.3 is 5.11 Å². The standard InChI is InChI=1S/C12H16O2/c1-4-10-6-5-7-11(8-10)12(3,14)9(2)13/h5-8,14H,4H2,1-3H3. The molecule has 0 saturated carbocycles. The molecule has 1 aromatic carbocycles. The van der Waals surface area contributed by atoms with Gasteiger partial charge in [-0.25, -0.2) is 0 Å². The van der Waals surface area contributed by atoms with Gasteiger partial charge in [-0.15, -0.1) is 0 Å².